The first kappa shape index (κ1) is 14.9. The van der Waals surface area contributed by atoms with E-state index in [1.54, 1.807) is 0 Å². The van der Waals surface area contributed by atoms with Crippen LogP contribution in [0.3, 0.4) is 0 Å². The van der Waals surface area contributed by atoms with E-state index in [1.165, 1.54) is 11.5 Å². The maximum Gasteiger partial charge on any atom is 0.217 e. The predicted octanol–water partition coefficient (Wildman–Crippen LogP) is 1.60. The molecule has 1 saturated heterocycles. The topological polar surface area (TPSA) is 94.5 Å². The van der Waals surface area contributed by atoms with Gasteiger partial charge in [-0.05, 0) is 44.1 Å². The summed E-state index contributed by atoms with van der Waals surface area (Å²) >= 11 is 1.37. The molecule has 2 heterocycles. The standard InChI is InChI=1S/C13H22N4O2S/c1-8(2)19-11-12(15)16-20-13(11)17-5-3-9(4-6-17)7-10(14)18/h8-9H,3-7H2,1-2H3,(H2,14,18)(H2,15,16). The maximum atomic E-state index is 11.0. The molecule has 1 aromatic rings. The maximum absolute atomic E-state index is 11.0. The number of nitrogens with two attached hydrogens (primary N) is 2. The lowest BCUT2D eigenvalue weighted by Crippen LogP contribution is -2.34. The SMILES string of the molecule is CC(C)Oc1c(N)nsc1N1CCC(CC(N)=O)CC1. The lowest BCUT2D eigenvalue weighted by Gasteiger charge is -2.32. The van der Waals surface area contributed by atoms with Crippen molar-refractivity contribution >= 4 is 28.3 Å². The highest BCUT2D eigenvalue weighted by Crippen LogP contribution is 2.40. The van der Waals surface area contributed by atoms with Crippen LogP contribution < -0.4 is 21.1 Å². The summed E-state index contributed by atoms with van der Waals surface area (Å²) in [5, 5.41) is 0.994. The average molecular weight is 298 g/mol. The first-order chi connectivity index (χ1) is 9.47. The van der Waals surface area contributed by atoms with Crippen LogP contribution in [-0.2, 0) is 4.79 Å². The summed E-state index contributed by atoms with van der Waals surface area (Å²) < 4.78 is 9.96. The minimum atomic E-state index is -0.214. The van der Waals surface area contributed by atoms with Gasteiger partial charge >= 0.3 is 0 Å². The van der Waals surface area contributed by atoms with Crippen molar-refractivity contribution in [3.05, 3.63) is 0 Å². The van der Waals surface area contributed by atoms with Gasteiger partial charge in [0.15, 0.2) is 16.6 Å². The third kappa shape index (κ3) is 3.53. The minimum absolute atomic E-state index is 0.0693. The van der Waals surface area contributed by atoms with Crippen molar-refractivity contribution in [3.63, 3.8) is 0 Å². The van der Waals surface area contributed by atoms with Gasteiger partial charge in [0, 0.05) is 19.5 Å². The molecule has 0 unspecified atom stereocenters. The summed E-state index contributed by atoms with van der Waals surface area (Å²) in [6, 6.07) is 0. The Labute approximate surface area is 123 Å². The fraction of sp³-hybridized carbons (Fsp3) is 0.692. The fourth-order valence-corrected chi connectivity index (χ4v) is 3.26. The number of carbonyl (C=O) groups excluding carboxylic acids is 1. The number of amides is 1. The number of ether oxygens (including phenoxy) is 1. The quantitative estimate of drug-likeness (QED) is 0.861. The Hall–Kier alpha value is -1.50. The number of rotatable bonds is 5. The molecule has 112 valence electrons. The lowest BCUT2D eigenvalue weighted by atomic mass is 9.93. The van der Waals surface area contributed by atoms with Crippen molar-refractivity contribution in [2.45, 2.75) is 39.2 Å². The van der Waals surface area contributed by atoms with Crippen LogP contribution >= 0.6 is 11.5 Å². The lowest BCUT2D eigenvalue weighted by molar-refractivity contribution is -0.119. The number of carbonyl (C=O) groups is 1. The van der Waals surface area contributed by atoms with Crippen LogP contribution in [0.15, 0.2) is 0 Å². The van der Waals surface area contributed by atoms with Crippen LogP contribution in [0.4, 0.5) is 10.8 Å². The zero-order valence-corrected chi connectivity index (χ0v) is 12.8. The van der Waals surface area contributed by atoms with Gasteiger partial charge in [0.25, 0.3) is 0 Å². The molecule has 2 rings (SSSR count). The van der Waals surface area contributed by atoms with Crippen LogP contribution in [0.5, 0.6) is 5.75 Å². The van der Waals surface area contributed by atoms with E-state index in [4.69, 9.17) is 16.2 Å². The van der Waals surface area contributed by atoms with E-state index in [0.29, 0.717) is 23.9 Å². The predicted molar refractivity (Wildman–Crippen MR) is 81.0 cm³/mol. The van der Waals surface area contributed by atoms with Crippen LogP contribution in [0.2, 0.25) is 0 Å². The Kier molecular flexibility index (Phi) is 4.69. The van der Waals surface area contributed by atoms with E-state index in [0.717, 1.165) is 30.9 Å². The molecule has 20 heavy (non-hydrogen) atoms. The Morgan fingerprint density at radius 1 is 1.50 bits per heavy atom. The second-order valence-corrected chi connectivity index (χ2v) is 6.22. The molecule has 0 spiro atoms. The van der Waals surface area contributed by atoms with Gasteiger partial charge in [-0.3, -0.25) is 4.79 Å². The molecule has 6 nitrogen and oxygen atoms in total. The number of aromatic nitrogens is 1. The third-order valence-electron chi connectivity index (χ3n) is 3.40. The van der Waals surface area contributed by atoms with Gasteiger partial charge in [0.1, 0.15) is 0 Å². The van der Waals surface area contributed by atoms with Gasteiger partial charge in [-0.1, -0.05) is 0 Å². The van der Waals surface area contributed by atoms with Gasteiger partial charge in [0.05, 0.1) is 6.10 Å². The second kappa shape index (κ2) is 6.30. The normalized spacial score (nSPS) is 16.6. The van der Waals surface area contributed by atoms with Gasteiger partial charge < -0.3 is 21.1 Å². The van der Waals surface area contributed by atoms with E-state index in [1.807, 2.05) is 13.8 Å². The molecular formula is C13H22N4O2S. The molecule has 1 aromatic heterocycles. The van der Waals surface area contributed by atoms with E-state index < -0.39 is 0 Å². The summed E-state index contributed by atoms with van der Waals surface area (Å²) in [4.78, 5) is 13.2. The zero-order chi connectivity index (χ0) is 14.7. The highest BCUT2D eigenvalue weighted by molar-refractivity contribution is 7.11. The minimum Gasteiger partial charge on any atom is -0.484 e. The molecule has 7 heteroatoms. The Morgan fingerprint density at radius 3 is 2.70 bits per heavy atom. The summed E-state index contributed by atoms with van der Waals surface area (Å²) in [5.74, 6) is 1.33. The van der Waals surface area contributed by atoms with Crippen LogP contribution in [0, 0.1) is 5.92 Å². The smallest absolute Gasteiger partial charge is 0.217 e. The number of nitrogens with zero attached hydrogens (tertiary/aromatic N) is 2. The number of hydrogen-bond donors (Lipinski definition) is 2. The van der Waals surface area contributed by atoms with Crippen molar-refractivity contribution < 1.29 is 9.53 Å². The number of piperidine rings is 1. The monoisotopic (exact) mass is 298 g/mol. The summed E-state index contributed by atoms with van der Waals surface area (Å²) in [6.07, 6.45) is 2.47. The van der Waals surface area contributed by atoms with Crippen LogP contribution in [0.25, 0.3) is 0 Å². The summed E-state index contributed by atoms with van der Waals surface area (Å²) in [7, 11) is 0. The Balaban J connectivity index is 2.01. The first-order valence-electron chi connectivity index (χ1n) is 6.92. The number of nitrogen functional groups attached to an aromatic ring is 1. The second-order valence-electron chi connectivity index (χ2n) is 5.47. The molecule has 0 radical (unpaired) electrons. The van der Waals surface area contributed by atoms with Crippen molar-refractivity contribution in [2.75, 3.05) is 23.7 Å². The van der Waals surface area contributed by atoms with Crippen molar-refractivity contribution in [1.29, 1.82) is 0 Å². The van der Waals surface area contributed by atoms with Crippen LogP contribution in [-0.4, -0.2) is 29.5 Å². The summed E-state index contributed by atoms with van der Waals surface area (Å²) in [6.45, 7) is 5.71. The molecule has 1 aliphatic heterocycles. The number of anilines is 2. The molecule has 0 atom stereocenters. The van der Waals surface area contributed by atoms with Crippen molar-refractivity contribution in [3.8, 4) is 5.75 Å². The first-order valence-corrected chi connectivity index (χ1v) is 7.69. The van der Waals surface area contributed by atoms with Gasteiger partial charge in [-0.15, -0.1) is 0 Å². The molecule has 1 aliphatic rings. The van der Waals surface area contributed by atoms with E-state index in [-0.39, 0.29) is 12.0 Å². The average Bonchev–Trinajstić information content (AvgIpc) is 2.71. The Bertz CT molecular complexity index is 467. The van der Waals surface area contributed by atoms with Crippen LogP contribution in [0.1, 0.15) is 33.1 Å². The third-order valence-corrected chi connectivity index (χ3v) is 4.31. The largest absolute Gasteiger partial charge is 0.484 e. The van der Waals surface area contributed by atoms with Gasteiger partial charge in [-0.2, -0.15) is 4.37 Å². The number of hydrogen-bond acceptors (Lipinski definition) is 6. The van der Waals surface area contributed by atoms with Gasteiger partial charge in [0.2, 0.25) is 5.91 Å². The molecular weight excluding hydrogens is 276 g/mol. The molecule has 0 saturated carbocycles. The summed E-state index contributed by atoms with van der Waals surface area (Å²) in [5.41, 5.74) is 11.1. The molecule has 1 fully saturated rings. The van der Waals surface area contributed by atoms with Crippen molar-refractivity contribution in [2.24, 2.45) is 11.7 Å². The van der Waals surface area contributed by atoms with Gasteiger partial charge in [-0.25, -0.2) is 0 Å². The molecule has 1 amide bonds. The highest BCUT2D eigenvalue weighted by Gasteiger charge is 2.26. The molecule has 0 aromatic carbocycles. The highest BCUT2D eigenvalue weighted by atomic mass is 32.1. The number of primary amides is 1. The molecule has 0 aliphatic carbocycles. The van der Waals surface area contributed by atoms with Crippen molar-refractivity contribution in [1.82, 2.24) is 4.37 Å². The Morgan fingerprint density at radius 2 is 2.15 bits per heavy atom. The van der Waals surface area contributed by atoms with E-state index >= 15 is 0 Å². The molecule has 4 N–H and O–H groups in total. The van der Waals surface area contributed by atoms with E-state index in [2.05, 4.69) is 9.27 Å². The molecule has 0 bridgehead atoms. The fourth-order valence-electron chi connectivity index (χ4n) is 2.46. The van der Waals surface area contributed by atoms with E-state index in [9.17, 15) is 4.79 Å². The zero-order valence-electron chi connectivity index (χ0n) is 12.0.